The molecule has 1 aliphatic rings. The lowest BCUT2D eigenvalue weighted by Crippen LogP contribution is -2.27. The van der Waals surface area contributed by atoms with Crippen LogP contribution in [-0.2, 0) is 9.78 Å². The van der Waals surface area contributed by atoms with Crippen molar-refractivity contribution in [2.45, 2.75) is 57.7 Å². The summed E-state index contributed by atoms with van der Waals surface area (Å²) < 4.78 is 0. The average molecular weight is 188 g/mol. The van der Waals surface area contributed by atoms with Gasteiger partial charge in [-0.15, -0.1) is 0 Å². The maximum Gasteiger partial charge on any atom is 0.101 e. The van der Waals surface area contributed by atoms with Gasteiger partial charge in [0.25, 0.3) is 0 Å². The summed E-state index contributed by atoms with van der Waals surface area (Å²) >= 11 is 0. The van der Waals surface area contributed by atoms with Gasteiger partial charge in [-0.1, -0.05) is 19.6 Å². The minimum atomic E-state index is -0.990. The summed E-state index contributed by atoms with van der Waals surface area (Å²) in [4.78, 5) is 10.5. The lowest BCUT2D eigenvalue weighted by molar-refractivity contribution is -0.316. The molecule has 0 N–H and O–H groups in total. The molecule has 1 fully saturated rings. The van der Waals surface area contributed by atoms with E-state index < -0.39 is 8.07 Å². The van der Waals surface area contributed by atoms with Gasteiger partial charge < -0.3 is 0 Å². The molecular weight excluding hydrogens is 168 g/mol. The van der Waals surface area contributed by atoms with Crippen molar-refractivity contribution in [1.29, 1.82) is 0 Å². The molecule has 0 aromatic heterocycles. The van der Waals surface area contributed by atoms with E-state index in [2.05, 4.69) is 33.5 Å². The standard InChI is InChI=1S/C9H20O2Si/c1-9(2)6-8(10-11-9)7-12(3,4)5/h8H,6-7H2,1-5H3. The Hall–Kier alpha value is 0.137. The highest BCUT2D eigenvalue weighted by molar-refractivity contribution is 6.76. The van der Waals surface area contributed by atoms with E-state index >= 15 is 0 Å². The summed E-state index contributed by atoms with van der Waals surface area (Å²) in [7, 11) is -0.990. The third-order valence-electron chi connectivity index (χ3n) is 1.97. The highest BCUT2D eigenvalue weighted by Crippen LogP contribution is 2.31. The van der Waals surface area contributed by atoms with Crippen LogP contribution in [0.3, 0.4) is 0 Å². The van der Waals surface area contributed by atoms with Crippen LogP contribution < -0.4 is 0 Å². The van der Waals surface area contributed by atoms with Crippen molar-refractivity contribution in [3.05, 3.63) is 0 Å². The molecule has 1 atom stereocenters. The molecule has 72 valence electrons. The van der Waals surface area contributed by atoms with Gasteiger partial charge in [0.1, 0.15) is 5.60 Å². The molecular formula is C9H20O2Si. The summed E-state index contributed by atoms with van der Waals surface area (Å²) in [6.07, 6.45) is 1.38. The zero-order valence-corrected chi connectivity index (χ0v) is 9.81. The second kappa shape index (κ2) is 3.12. The van der Waals surface area contributed by atoms with Gasteiger partial charge in [-0.05, 0) is 19.9 Å². The number of rotatable bonds is 2. The van der Waals surface area contributed by atoms with Crippen LogP contribution in [0.25, 0.3) is 0 Å². The third kappa shape index (κ3) is 3.25. The molecule has 0 saturated carbocycles. The van der Waals surface area contributed by atoms with Crippen LogP contribution in [0.4, 0.5) is 0 Å². The van der Waals surface area contributed by atoms with Crippen molar-refractivity contribution in [1.82, 2.24) is 0 Å². The molecule has 0 aromatic carbocycles. The highest BCUT2D eigenvalue weighted by atomic mass is 28.3. The lowest BCUT2D eigenvalue weighted by Gasteiger charge is -2.18. The first kappa shape index (κ1) is 10.2. The average Bonchev–Trinajstić information content (AvgIpc) is 2.05. The Morgan fingerprint density at radius 1 is 1.33 bits per heavy atom. The maximum atomic E-state index is 5.28. The monoisotopic (exact) mass is 188 g/mol. The van der Waals surface area contributed by atoms with Crippen molar-refractivity contribution in [3.63, 3.8) is 0 Å². The Morgan fingerprint density at radius 3 is 2.25 bits per heavy atom. The summed E-state index contributed by atoms with van der Waals surface area (Å²) in [5.74, 6) is 0. The fraction of sp³-hybridized carbons (Fsp3) is 1.00. The molecule has 0 aliphatic carbocycles. The number of hydrogen-bond donors (Lipinski definition) is 0. The molecule has 1 saturated heterocycles. The van der Waals surface area contributed by atoms with Crippen molar-refractivity contribution in [3.8, 4) is 0 Å². The van der Waals surface area contributed by atoms with E-state index in [1.165, 1.54) is 6.04 Å². The molecule has 0 amide bonds. The van der Waals surface area contributed by atoms with Crippen molar-refractivity contribution < 1.29 is 9.78 Å². The van der Waals surface area contributed by atoms with Gasteiger partial charge in [0.2, 0.25) is 0 Å². The van der Waals surface area contributed by atoms with Crippen LogP contribution >= 0.6 is 0 Å². The molecule has 1 rings (SSSR count). The van der Waals surface area contributed by atoms with E-state index in [0.717, 1.165) is 6.42 Å². The van der Waals surface area contributed by atoms with E-state index in [0.29, 0.717) is 6.10 Å². The van der Waals surface area contributed by atoms with E-state index in [-0.39, 0.29) is 5.60 Å². The topological polar surface area (TPSA) is 18.5 Å². The van der Waals surface area contributed by atoms with Gasteiger partial charge in [-0.2, -0.15) is 0 Å². The van der Waals surface area contributed by atoms with Gasteiger partial charge in [-0.3, -0.25) is 0 Å². The fourth-order valence-electron chi connectivity index (χ4n) is 1.60. The molecule has 0 radical (unpaired) electrons. The van der Waals surface area contributed by atoms with Gasteiger partial charge in [0.15, 0.2) is 0 Å². The largest absolute Gasteiger partial charge is 0.233 e. The Kier molecular flexibility index (Phi) is 2.66. The Bertz CT molecular complexity index is 160. The Morgan fingerprint density at radius 2 is 1.92 bits per heavy atom. The predicted octanol–water partition coefficient (Wildman–Crippen LogP) is 2.82. The Labute approximate surface area is 76.2 Å². The summed E-state index contributed by atoms with van der Waals surface area (Å²) in [6, 6.07) is 1.20. The zero-order chi connectivity index (χ0) is 9.41. The van der Waals surface area contributed by atoms with Gasteiger partial charge in [0.05, 0.1) is 6.10 Å². The zero-order valence-electron chi connectivity index (χ0n) is 8.81. The Balaban J connectivity index is 2.39. The summed E-state index contributed by atoms with van der Waals surface area (Å²) in [6.45, 7) is 11.2. The normalized spacial score (nSPS) is 29.2. The van der Waals surface area contributed by atoms with Crippen LogP contribution in [0.15, 0.2) is 0 Å². The molecule has 1 heterocycles. The minimum Gasteiger partial charge on any atom is -0.233 e. The third-order valence-corrected chi connectivity index (χ3v) is 3.65. The van der Waals surface area contributed by atoms with Crippen molar-refractivity contribution >= 4 is 8.07 Å². The number of hydrogen-bond acceptors (Lipinski definition) is 2. The van der Waals surface area contributed by atoms with Crippen molar-refractivity contribution in [2.24, 2.45) is 0 Å². The first-order valence-electron chi connectivity index (χ1n) is 4.63. The first-order chi connectivity index (χ1) is 5.29. The maximum absolute atomic E-state index is 5.28. The molecule has 0 aromatic rings. The summed E-state index contributed by atoms with van der Waals surface area (Å²) in [5, 5.41) is 0. The molecule has 0 bridgehead atoms. The molecule has 1 aliphatic heterocycles. The molecule has 2 nitrogen and oxygen atoms in total. The first-order valence-corrected chi connectivity index (χ1v) is 8.34. The van der Waals surface area contributed by atoms with E-state index in [1.807, 2.05) is 0 Å². The lowest BCUT2D eigenvalue weighted by atomic mass is 10.0. The molecule has 12 heavy (non-hydrogen) atoms. The van der Waals surface area contributed by atoms with Gasteiger partial charge >= 0.3 is 0 Å². The smallest absolute Gasteiger partial charge is 0.101 e. The minimum absolute atomic E-state index is 0.0652. The van der Waals surface area contributed by atoms with E-state index in [1.54, 1.807) is 0 Å². The van der Waals surface area contributed by atoms with Crippen LogP contribution in [0, 0.1) is 0 Å². The van der Waals surface area contributed by atoms with Crippen LogP contribution in [0.1, 0.15) is 20.3 Å². The quantitative estimate of drug-likeness (QED) is 0.490. The van der Waals surface area contributed by atoms with E-state index in [9.17, 15) is 0 Å². The predicted molar refractivity (Wildman–Crippen MR) is 52.8 cm³/mol. The van der Waals surface area contributed by atoms with Crippen molar-refractivity contribution in [2.75, 3.05) is 0 Å². The molecule has 3 heteroatoms. The molecule has 0 spiro atoms. The second-order valence-electron chi connectivity index (χ2n) is 5.53. The summed E-state index contributed by atoms with van der Waals surface area (Å²) in [5.41, 5.74) is -0.0652. The van der Waals surface area contributed by atoms with Crippen LogP contribution in [-0.4, -0.2) is 19.8 Å². The van der Waals surface area contributed by atoms with Crippen LogP contribution in [0.2, 0.25) is 25.7 Å². The SMILES string of the molecule is CC1(C)CC(C[Si](C)(C)C)OO1. The van der Waals surface area contributed by atoms with Gasteiger partial charge in [-0.25, -0.2) is 9.78 Å². The second-order valence-corrected chi connectivity index (χ2v) is 11.1. The van der Waals surface area contributed by atoms with E-state index in [4.69, 9.17) is 9.78 Å². The molecule has 1 unspecified atom stereocenters. The van der Waals surface area contributed by atoms with Crippen LogP contribution in [0.5, 0.6) is 0 Å². The fourth-order valence-corrected chi connectivity index (χ4v) is 3.18. The van der Waals surface area contributed by atoms with Gasteiger partial charge in [0, 0.05) is 14.5 Å². The highest BCUT2D eigenvalue weighted by Gasteiger charge is 2.36.